The van der Waals surface area contributed by atoms with Crippen molar-refractivity contribution in [1.82, 2.24) is 4.90 Å². The van der Waals surface area contributed by atoms with Crippen LogP contribution in [0.3, 0.4) is 0 Å². The predicted molar refractivity (Wildman–Crippen MR) is 55.6 cm³/mol. The highest BCUT2D eigenvalue weighted by Crippen LogP contribution is 2.12. The van der Waals surface area contributed by atoms with Crippen LogP contribution in [0.2, 0.25) is 0 Å². The van der Waals surface area contributed by atoms with E-state index < -0.39 is 0 Å². The van der Waals surface area contributed by atoms with Gasteiger partial charge in [-0.1, -0.05) is 13.8 Å². The third-order valence-corrected chi connectivity index (χ3v) is 1.73. The van der Waals surface area contributed by atoms with Gasteiger partial charge in [0.05, 0.1) is 0 Å². The van der Waals surface area contributed by atoms with Crippen molar-refractivity contribution >= 4 is 5.91 Å². The molecule has 0 spiro atoms. The van der Waals surface area contributed by atoms with Crippen LogP contribution in [0.25, 0.3) is 0 Å². The summed E-state index contributed by atoms with van der Waals surface area (Å²) in [6.07, 6.45) is 1.81. The third kappa shape index (κ3) is 5.64. The fourth-order valence-corrected chi connectivity index (χ4v) is 1.22. The van der Waals surface area contributed by atoms with Crippen LogP contribution in [0.1, 0.15) is 40.5 Å². The molecule has 1 heterocycles. The first kappa shape index (κ1) is 14.9. The fourth-order valence-electron chi connectivity index (χ4n) is 1.22. The van der Waals surface area contributed by atoms with E-state index in [4.69, 9.17) is 5.11 Å². The molecule has 0 aromatic rings. The van der Waals surface area contributed by atoms with Crippen molar-refractivity contribution in [2.24, 2.45) is 0 Å². The normalized spacial score (nSPS) is 14.7. The maximum Gasteiger partial charge on any atom is 0.222 e. The first-order valence-corrected chi connectivity index (χ1v) is 4.96. The predicted octanol–water partition coefficient (Wildman–Crippen LogP) is 1.65. The van der Waals surface area contributed by atoms with Crippen LogP contribution < -0.4 is 0 Å². The van der Waals surface area contributed by atoms with E-state index in [2.05, 4.69) is 13.8 Å². The Balaban J connectivity index is 0. The molecule has 1 rings (SSSR count). The Labute approximate surface area is 81.7 Å². The molecule has 0 atom stereocenters. The van der Waals surface area contributed by atoms with Gasteiger partial charge in [-0.15, -0.1) is 0 Å². The summed E-state index contributed by atoms with van der Waals surface area (Å²) in [6, 6.07) is 0.403. The lowest BCUT2D eigenvalue weighted by Gasteiger charge is -2.19. The summed E-state index contributed by atoms with van der Waals surface area (Å²) in [5.41, 5.74) is 0. The van der Waals surface area contributed by atoms with Crippen LogP contribution in [0.5, 0.6) is 0 Å². The highest BCUT2D eigenvalue weighted by molar-refractivity contribution is 5.78. The number of amides is 1. The molecule has 1 N–H and O–H groups in total. The first-order valence-electron chi connectivity index (χ1n) is 4.96. The molecule has 3 heteroatoms. The minimum Gasteiger partial charge on any atom is -0.400 e. The van der Waals surface area contributed by atoms with E-state index in [1.54, 1.807) is 0 Å². The molecule has 0 aromatic heterocycles. The topological polar surface area (TPSA) is 40.5 Å². The van der Waals surface area contributed by atoms with Crippen molar-refractivity contribution in [3.8, 4) is 0 Å². The van der Waals surface area contributed by atoms with Gasteiger partial charge in [-0.25, -0.2) is 0 Å². The lowest BCUT2D eigenvalue weighted by molar-refractivity contribution is -0.129. The monoisotopic (exact) mass is 189 g/mol. The van der Waals surface area contributed by atoms with Gasteiger partial charge in [0.1, 0.15) is 0 Å². The summed E-state index contributed by atoms with van der Waals surface area (Å²) in [6.45, 7) is 9.09. The van der Waals surface area contributed by atoms with Gasteiger partial charge in [0.2, 0.25) is 5.91 Å². The summed E-state index contributed by atoms with van der Waals surface area (Å²) < 4.78 is 0. The molecule has 0 saturated carbocycles. The van der Waals surface area contributed by atoms with Crippen LogP contribution in [0, 0.1) is 0 Å². The largest absolute Gasteiger partial charge is 0.400 e. The van der Waals surface area contributed by atoms with Gasteiger partial charge in [0.15, 0.2) is 0 Å². The molecule has 80 valence electrons. The average Bonchev–Trinajstić information content (AvgIpc) is 2.58. The highest BCUT2D eigenvalue weighted by Gasteiger charge is 2.21. The molecule has 1 aliphatic rings. The van der Waals surface area contributed by atoms with Crippen molar-refractivity contribution in [2.75, 3.05) is 13.7 Å². The number of aliphatic hydroxyl groups excluding tert-OH is 1. The van der Waals surface area contributed by atoms with Crippen LogP contribution in [0.15, 0.2) is 0 Å². The zero-order valence-electron chi connectivity index (χ0n) is 9.50. The smallest absolute Gasteiger partial charge is 0.222 e. The van der Waals surface area contributed by atoms with Crippen molar-refractivity contribution in [1.29, 1.82) is 0 Å². The third-order valence-electron chi connectivity index (χ3n) is 1.73. The minimum atomic E-state index is 0.324. The van der Waals surface area contributed by atoms with Crippen molar-refractivity contribution < 1.29 is 9.90 Å². The molecular formula is C10H23NO2. The van der Waals surface area contributed by atoms with Crippen LogP contribution in [0.4, 0.5) is 0 Å². The fraction of sp³-hybridized carbons (Fsp3) is 0.900. The number of hydrogen-bond acceptors (Lipinski definition) is 2. The lowest BCUT2D eigenvalue weighted by atomic mass is 10.3. The van der Waals surface area contributed by atoms with Crippen molar-refractivity contribution in [3.63, 3.8) is 0 Å². The Bertz CT molecular complexity index is 124. The molecule has 0 unspecified atom stereocenters. The molecule has 1 amide bonds. The van der Waals surface area contributed by atoms with Gasteiger partial charge in [-0.2, -0.15) is 0 Å². The van der Waals surface area contributed by atoms with Gasteiger partial charge in [0, 0.05) is 26.1 Å². The van der Waals surface area contributed by atoms with E-state index in [0.29, 0.717) is 11.9 Å². The number of nitrogens with zero attached hydrogens (tertiary/aromatic N) is 1. The molecule has 3 nitrogen and oxygen atoms in total. The standard InChI is InChI=1S/C7H13NO.C2H6.CH4O/c1-6(2)8-5-3-4-7(8)9;2*1-2/h6H,3-5H2,1-2H3;1-2H3;2H,1H3. The van der Waals surface area contributed by atoms with Crippen LogP contribution in [-0.2, 0) is 4.79 Å². The van der Waals surface area contributed by atoms with Crippen molar-refractivity contribution in [2.45, 2.75) is 46.6 Å². The summed E-state index contributed by atoms with van der Waals surface area (Å²) in [5.74, 6) is 0.324. The molecule has 0 bridgehead atoms. The number of carbonyl (C=O) groups excluding carboxylic acids is 1. The Morgan fingerprint density at radius 2 is 1.77 bits per heavy atom. The van der Waals surface area contributed by atoms with Gasteiger partial charge in [0.25, 0.3) is 0 Å². The van der Waals surface area contributed by atoms with E-state index in [0.717, 1.165) is 26.5 Å². The summed E-state index contributed by atoms with van der Waals surface area (Å²) in [7, 11) is 1.00. The number of hydrogen-bond donors (Lipinski definition) is 1. The molecule has 1 saturated heterocycles. The molecule has 0 aliphatic carbocycles. The molecule has 0 aromatic carbocycles. The second-order valence-corrected chi connectivity index (χ2v) is 2.78. The van der Waals surface area contributed by atoms with Gasteiger partial charge >= 0.3 is 0 Å². The number of rotatable bonds is 1. The molecule has 0 radical (unpaired) electrons. The highest BCUT2D eigenvalue weighted by atomic mass is 16.2. The second kappa shape index (κ2) is 9.52. The molecule has 1 fully saturated rings. The van der Waals surface area contributed by atoms with Crippen LogP contribution in [-0.4, -0.2) is 35.6 Å². The number of aliphatic hydroxyl groups is 1. The van der Waals surface area contributed by atoms with Gasteiger partial charge in [-0.05, 0) is 20.3 Å². The summed E-state index contributed by atoms with van der Waals surface area (Å²) in [5, 5.41) is 7.00. The Morgan fingerprint density at radius 1 is 1.31 bits per heavy atom. The second-order valence-electron chi connectivity index (χ2n) is 2.78. The number of likely N-dealkylation sites (tertiary alicyclic amines) is 1. The van der Waals surface area contributed by atoms with E-state index in [1.165, 1.54) is 0 Å². The Hall–Kier alpha value is -0.570. The summed E-state index contributed by atoms with van der Waals surface area (Å²) in [4.78, 5) is 12.9. The quantitative estimate of drug-likeness (QED) is 0.681. The van der Waals surface area contributed by atoms with E-state index in [9.17, 15) is 4.79 Å². The lowest BCUT2D eigenvalue weighted by Crippen LogP contribution is -2.31. The number of carbonyl (C=O) groups is 1. The zero-order valence-corrected chi connectivity index (χ0v) is 9.50. The molecular weight excluding hydrogens is 166 g/mol. The van der Waals surface area contributed by atoms with E-state index >= 15 is 0 Å². The zero-order chi connectivity index (χ0) is 10.9. The van der Waals surface area contributed by atoms with Gasteiger partial charge < -0.3 is 10.0 Å². The summed E-state index contributed by atoms with van der Waals surface area (Å²) >= 11 is 0. The average molecular weight is 189 g/mol. The minimum absolute atomic E-state index is 0.324. The first-order chi connectivity index (χ1) is 6.22. The van der Waals surface area contributed by atoms with Crippen molar-refractivity contribution in [3.05, 3.63) is 0 Å². The maximum absolute atomic E-state index is 10.9. The maximum atomic E-state index is 10.9. The molecule has 1 aliphatic heterocycles. The Morgan fingerprint density at radius 3 is 1.92 bits per heavy atom. The van der Waals surface area contributed by atoms with Crippen LogP contribution >= 0.6 is 0 Å². The van der Waals surface area contributed by atoms with Gasteiger partial charge in [-0.3, -0.25) is 4.79 Å². The SMILES string of the molecule is CC.CC(C)N1CCCC1=O.CO. The molecule has 13 heavy (non-hydrogen) atoms. The Kier molecular flexibility index (Phi) is 10.9. The van der Waals surface area contributed by atoms with E-state index in [-0.39, 0.29) is 0 Å². The van der Waals surface area contributed by atoms with E-state index in [1.807, 2.05) is 18.7 Å².